The number of nitrogens with zero attached hydrogens (tertiary/aromatic N) is 2. The molecule has 0 amide bonds. The summed E-state index contributed by atoms with van der Waals surface area (Å²) in [5.41, 5.74) is 5.35. The molecule has 94 valence electrons. The van der Waals surface area contributed by atoms with Crippen LogP contribution in [0.2, 0.25) is 0 Å². The van der Waals surface area contributed by atoms with E-state index >= 15 is 0 Å². The quantitative estimate of drug-likeness (QED) is 0.636. The van der Waals surface area contributed by atoms with Gasteiger partial charge in [-0.15, -0.1) is 0 Å². The smallest absolute Gasteiger partial charge is 0.237 e. The van der Waals surface area contributed by atoms with Crippen LogP contribution >= 0.6 is 0 Å². The number of nitrogens with two attached hydrogens (primary N) is 1. The van der Waals surface area contributed by atoms with Gasteiger partial charge in [0.2, 0.25) is 5.95 Å². The number of anilines is 1. The topological polar surface area (TPSA) is 73.1 Å². The first-order chi connectivity index (χ1) is 8.74. The van der Waals surface area contributed by atoms with Crippen molar-refractivity contribution in [2.75, 3.05) is 12.0 Å². The van der Waals surface area contributed by atoms with E-state index < -0.39 is 0 Å². The molecule has 3 N–H and O–H groups in total. The molecule has 5 nitrogen and oxygen atoms in total. The van der Waals surface area contributed by atoms with Gasteiger partial charge in [0.1, 0.15) is 5.75 Å². The molecule has 0 atom stereocenters. The summed E-state index contributed by atoms with van der Waals surface area (Å²) >= 11 is 0. The molecule has 0 radical (unpaired) electrons. The van der Waals surface area contributed by atoms with Crippen LogP contribution in [0.5, 0.6) is 5.75 Å². The molecule has 0 aliphatic heterocycles. The van der Waals surface area contributed by atoms with Gasteiger partial charge in [-0.25, -0.2) is 15.8 Å². The van der Waals surface area contributed by atoms with E-state index in [1.165, 1.54) is 0 Å². The number of hydrogen-bond donors (Lipinski definition) is 2. The fourth-order valence-electron chi connectivity index (χ4n) is 1.72. The SMILES string of the molecule is CCOc1ccc(-c2ccnc(NN)n2)cc1C. The Hall–Kier alpha value is -2.14. The van der Waals surface area contributed by atoms with Crippen molar-refractivity contribution in [2.24, 2.45) is 5.84 Å². The van der Waals surface area contributed by atoms with E-state index in [9.17, 15) is 0 Å². The number of hydrogen-bond acceptors (Lipinski definition) is 5. The van der Waals surface area contributed by atoms with E-state index in [0.29, 0.717) is 12.6 Å². The molecule has 18 heavy (non-hydrogen) atoms. The van der Waals surface area contributed by atoms with Crippen molar-refractivity contribution in [3.8, 4) is 17.0 Å². The Labute approximate surface area is 106 Å². The van der Waals surface area contributed by atoms with Crippen molar-refractivity contribution in [2.45, 2.75) is 13.8 Å². The third kappa shape index (κ3) is 2.57. The lowest BCUT2D eigenvalue weighted by Crippen LogP contribution is -2.10. The number of aryl methyl sites for hydroxylation is 1. The molecule has 0 saturated carbocycles. The summed E-state index contributed by atoms with van der Waals surface area (Å²) in [6.07, 6.45) is 1.67. The highest BCUT2D eigenvalue weighted by atomic mass is 16.5. The molecule has 0 spiro atoms. The van der Waals surface area contributed by atoms with Crippen molar-refractivity contribution in [1.29, 1.82) is 0 Å². The zero-order chi connectivity index (χ0) is 13.0. The van der Waals surface area contributed by atoms with Crippen molar-refractivity contribution in [1.82, 2.24) is 9.97 Å². The van der Waals surface area contributed by atoms with Crippen LogP contribution in [0.15, 0.2) is 30.5 Å². The molecule has 1 aromatic carbocycles. The third-order valence-corrected chi connectivity index (χ3v) is 2.56. The van der Waals surface area contributed by atoms with Crippen LogP contribution < -0.4 is 16.0 Å². The van der Waals surface area contributed by atoms with Crippen molar-refractivity contribution < 1.29 is 4.74 Å². The van der Waals surface area contributed by atoms with Gasteiger partial charge in [-0.1, -0.05) is 0 Å². The predicted octanol–water partition coefficient (Wildman–Crippen LogP) is 2.14. The van der Waals surface area contributed by atoms with E-state index in [4.69, 9.17) is 10.6 Å². The molecular weight excluding hydrogens is 228 g/mol. The summed E-state index contributed by atoms with van der Waals surface area (Å²) in [4.78, 5) is 8.27. The number of rotatable bonds is 4. The summed E-state index contributed by atoms with van der Waals surface area (Å²) in [7, 11) is 0. The molecule has 0 saturated heterocycles. The van der Waals surface area contributed by atoms with Gasteiger partial charge in [0.25, 0.3) is 0 Å². The minimum atomic E-state index is 0.402. The Morgan fingerprint density at radius 1 is 1.33 bits per heavy atom. The minimum absolute atomic E-state index is 0.402. The fraction of sp³-hybridized carbons (Fsp3) is 0.231. The lowest BCUT2D eigenvalue weighted by atomic mass is 10.1. The molecular formula is C13H16N4O. The van der Waals surface area contributed by atoms with E-state index in [1.807, 2.05) is 38.1 Å². The average Bonchev–Trinajstić information content (AvgIpc) is 2.41. The number of benzene rings is 1. The zero-order valence-electron chi connectivity index (χ0n) is 10.5. The first-order valence-corrected chi connectivity index (χ1v) is 5.78. The number of nitrogen functional groups attached to an aromatic ring is 1. The largest absolute Gasteiger partial charge is 0.494 e. The van der Waals surface area contributed by atoms with Crippen LogP contribution in [-0.2, 0) is 0 Å². The van der Waals surface area contributed by atoms with Gasteiger partial charge in [0.15, 0.2) is 0 Å². The second kappa shape index (κ2) is 5.46. The van der Waals surface area contributed by atoms with Gasteiger partial charge >= 0.3 is 0 Å². The van der Waals surface area contributed by atoms with Crippen LogP contribution in [-0.4, -0.2) is 16.6 Å². The monoisotopic (exact) mass is 244 g/mol. The van der Waals surface area contributed by atoms with Crippen molar-refractivity contribution in [3.05, 3.63) is 36.0 Å². The van der Waals surface area contributed by atoms with E-state index in [-0.39, 0.29) is 0 Å². The fourth-order valence-corrected chi connectivity index (χ4v) is 1.72. The molecule has 0 fully saturated rings. The summed E-state index contributed by atoms with van der Waals surface area (Å²) in [5.74, 6) is 6.59. The van der Waals surface area contributed by atoms with Gasteiger partial charge in [-0.2, -0.15) is 0 Å². The number of hydrazine groups is 1. The van der Waals surface area contributed by atoms with Gasteiger partial charge in [-0.05, 0) is 43.7 Å². The van der Waals surface area contributed by atoms with E-state index in [0.717, 1.165) is 22.6 Å². The minimum Gasteiger partial charge on any atom is -0.494 e. The second-order valence-corrected chi connectivity index (χ2v) is 3.82. The zero-order valence-corrected chi connectivity index (χ0v) is 10.5. The van der Waals surface area contributed by atoms with Crippen LogP contribution in [0.4, 0.5) is 5.95 Å². The van der Waals surface area contributed by atoms with E-state index in [2.05, 4.69) is 15.4 Å². The van der Waals surface area contributed by atoms with Crippen LogP contribution in [0.1, 0.15) is 12.5 Å². The molecule has 5 heteroatoms. The molecule has 0 unspecified atom stereocenters. The predicted molar refractivity (Wildman–Crippen MR) is 71.2 cm³/mol. The average molecular weight is 244 g/mol. The molecule has 2 rings (SSSR count). The molecule has 1 heterocycles. The summed E-state index contributed by atoms with van der Waals surface area (Å²) in [6.45, 7) is 4.64. The Morgan fingerprint density at radius 3 is 2.83 bits per heavy atom. The highest BCUT2D eigenvalue weighted by Gasteiger charge is 2.05. The van der Waals surface area contributed by atoms with Gasteiger partial charge in [0.05, 0.1) is 12.3 Å². The first-order valence-electron chi connectivity index (χ1n) is 5.78. The second-order valence-electron chi connectivity index (χ2n) is 3.82. The highest BCUT2D eigenvalue weighted by molar-refractivity contribution is 5.62. The standard InChI is InChI=1S/C13H16N4O/c1-3-18-12-5-4-10(8-9(12)2)11-6-7-15-13(16-11)17-14/h4-8H,3,14H2,1-2H3,(H,15,16,17). The lowest BCUT2D eigenvalue weighted by Gasteiger charge is -2.09. The Morgan fingerprint density at radius 2 is 2.17 bits per heavy atom. The maximum atomic E-state index is 5.51. The summed E-state index contributed by atoms with van der Waals surface area (Å²) in [6, 6.07) is 7.80. The molecule has 2 aromatic rings. The van der Waals surface area contributed by atoms with Crippen LogP contribution in [0.3, 0.4) is 0 Å². The van der Waals surface area contributed by atoms with Gasteiger partial charge < -0.3 is 4.74 Å². The third-order valence-electron chi connectivity index (χ3n) is 2.56. The van der Waals surface area contributed by atoms with Crippen LogP contribution in [0.25, 0.3) is 11.3 Å². The van der Waals surface area contributed by atoms with Gasteiger partial charge in [-0.3, -0.25) is 5.43 Å². The molecule has 0 bridgehead atoms. The Bertz CT molecular complexity index is 542. The Kier molecular flexibility index (Phi) is 3.74. The number of nitrogens with one attached hydrogen (secondary N) is 1. The normalized spacial score (nSPS) is 10.2. The van der Waals surface area contributed by atoms with Crippen molar-refractivity contribution >= 4 is 5.95 Å². The van der Waals surface area contributed by atoms with Crippen LogP contribution in [0, 0.1) is 6.92 Å². The van der Waals surface area contributed by atoms with Gasteiger partial charge in [0, 0.05) is 11.8 Å². The number of ether oxygens (including phenoxy) is 1. The van der Waals surface area contributed by atoms with Crippen molar-refractivity contribution in [3.63, 3.8) is 0 Å². The highest BCUT2D eigenvalue weighted by Crippen LogP contribution is 2.25. The summed E-state index contributed by atoms with van der Waals surface area (Å²) < 4.78 is 5.51. The molecule has 0 aliphatic carbocycles. The Balaban J connectivity index is 2.35. The lowest BCUT2D eigenvalue weighted by molar-refractivity contribution is 0.338. The molecule has 0 aliphatic rings. The maximum absolute atomic E-state index is 5.51. The maximum Gasteiger partial charge on any atom is 0.237 e. The number of aromatic nitrogens is 2. The first kappa shape index (κ1) is 12.3. The van der Waals surface area contributed by atoms with E-state index in [1.54, 1.807) is 6.20 Å². The molecule has 1 aromatic heterocycles. The summed E-state index contributed by atoms with van der Waals surface area (Å²) in [5, 5.41) is 0.